The third-order valence-electron chi connectivity index (χ3n) is 3.06. The summed E-state index contributed by atoms with van der Waals surface area (Å²) in [5, 5.41) is 11.7. The molecular weight excluding hydrogens is 294 g/mol. The van der Waals surface area contributed by atoms with Crippen LogP contribution in [0.25, 0.3) is 4.98 Å². The van der Waals surface area contributed by atoms with Crippen LogP contribution in [0, 0.1) is 5.39 Å². The first-order valence-electron chi connectivity index (χ1n) is 7.34. The standard InChI is InChI=1S/C17H17N3O3/c1-3-22-15-8-6-5-7-13(15)17(21)19-12-9-10-14(20-18)16(11-12)23-4-2/h5-11H,3-4H2,1-2H3/p+1. The van der Waals surface area contributed by atoms with Crippen LogP contribution in [0.5, 0.6) is 11.5 Å². The maximum atomic E-state index is 12.4. The smallest absolute Gasteiger partial charge is 0.426 e. The topological polar surface area (TPSA) is 75.7 Å². The summed E-state index contributed by atoms with van der Waals surface area (Å²) in [5.41, 5.74) is 1.29. The molecule has 0 bridgehead atoms. The van der Waals surface area contributed by atoms with Crippen molar-refractivity contribution in [3.05, 3.63) is 53.0 Å². The Kier molecular flexibility index (Phi) is 5.53. The van der Waals surface area contributed by atoms with Crippen molar-refractivity contribution in [2.45, 2.75) is 13.8 Å². The molecule has 2 rings (SSSR count). The van der Waals surface area contributed by atoms with E-state index in [2.05, 4.69) is 10.3 Å². The normalized spacial score (nSPS) is 9.78. The van der Waals surface area contributed by atoms with Gasteiger partial charge in [-0.05, 0) is 32.0 Å². The molecule has 2 aromatic rings. The van der Waals surface area contributed by atoms with Gasteiger partial charge in [-0.1, -0.05) is 12.1 Å². The van der Waals surface area contributed by atoms with E-state index in [-0.39, 0.29) is 5.91 Å². The van der Waals surface area contributed by atoms with Crippen molar-refractivity contribution in [1.82, 2.24) is 0 Å². The van der Waals surface area contributed by atoms with Gasteiger partial charge in [0.2, 0.25) is 11.1 Å². The third kappa shape index (κ3) is 3.98. The lowest BCUT2D eigenvalue weighted by molar-refractivity contribution is 0.102. The molecule has 1 amide bonds. The van der Waals surface area contributed by atoms with E-state index >= 15 is 0 Å². The Morgan fingerprint density at radius 3 is 2.48 bits per heavy atom. The van der Waals surface area contributed by atoms with Crippen molar-refractivity contribution >= 4 is 17.3 Å². The molecule has 0 aliphatic rings. The highest BCUT2D eigenvalue weighted by Gasteiger charge is 2.17. The average molecular weight is 312 g/mol. The Morgan fingerprint density at radius 1 is 1.09 bits per heavy atom. The largest absolute Gasteiger partial charge is 0.493 e. The number of para-hydroxylation sites is 1. The van der Waals surface area contributed by atoms with E-state index in [1.165, 1.54) is 0 Å². The number of anilines is 1. The number of amides is 1. The van der Waals surface area contributed by atoms with Crippen LogP contribution in [0.4, 0.5) is 11.4 Å². The Morgan fingerprint density at radius 2 is 1.78 bits per heavy atom. The van der Waals surface area contributed by atoms with Crippen LogP contribution in [0.15, 0.2) is 42.5 Å². The van der Waals surface area contributed by atoms with Crippen molar-refractivity contribution in [2.75, 3.05) is 18.5 Å². The number of nitrogens with one attached hydrogen (secondary N) is 1. The molecule has 1 N–H and O–H groups in total. The van der Waals surface area contributed by atoms with E-state index < -0.39 is 0 Å². The summed E-state index contributed by atoms with van der Waals surface area (Å²) < 4.78 is 10.8. The maximum Gasteiger partial charge on any atom is 0.426 e. The molecule has 0 aromatic heterocycles. The number of hydrogen-bond donors (Lipinski definition) is 1. The second-order valence-corrected chi connectivity index (χ2v) is 4.60. The predicted octanol–water partition coefficient (Wildman–Crippen LogP) is 4.22. The Labute approximate surface area is 134 Å². The summed E-state index contributed by atoms with van der Waals surface area (Å²) in [6, 6.07) is 11.8. The first-order valence-corrected chi connectivity index (χ1v) is 7.34. The second-order valence-electron chi connectivity index (χ2n) is 4.60. The van der Waals surface area contributed by atoms with Gasteiger partial charge in [0.25, 0.3) is 5.91 Å². The highest BCUT2D eigenvalue weighted by Crippen LogP contribution is 2.31. The number of benzene rings is 2. The summed E-state index contributed by atoms with van der Waals surface area (Å²) in [6.07, 6.45) is 0. The van der Waals surface area contributed by atoms with E-state index in [9.17, 15) is 4.79 Å². The zero-order valence-electron chi connectivity index (χ0n) is 13.1. The number of diazo groups is 1. The van der Waals surface area contributed by atoms with Crippen LogP contribution < -0.4 is 14.8 Å². The number of carbonyl (C=O) groups excluding carboxylic acids is 1. The van der Waals surface area contributed by atoms with Gasteiger partial charge in [0.05, 0.1) is 18.8 Å². The molecular formula is C17H18N3O3+. The lowest BCUT2D eigenvalue weighted by Crippen LogP contribution is -2.13. The molecule has 0 saturated carbocycles. The van der Waals surface area contributed by atoms with Gasteiger partial charge >= 0.3 is 5.69 Å². The van der Waals surface area contributed by atoms with Crippen LogP contribution in [0.1, 0.15) is 24.2 Å². The molecule has 0 aliphatic heterocycles. The van der Waals surface area contributed by atoms with Crippen molar-refractivity contribution in [3.8, 4) is 11.5 Å². The summed E-state index contributed by atoms with van der Waals surface area (Å²) in [4.78, 5) is 15.6. The lowest BCUT2D eigenvalue weighted by atomic mass is 10.1. The summed E-state index contributed by atoms with van der Waals surface area (Å²) in [7, 11) is 0. The van der Waals surface area contributed by atoms with Gasteiger partial charge in [-0.15, -0.1) is 0 Å². The summed E-state index contributed by atoms with van der Waals surface area (Å²) >= 11 is 0. The molecule has 0 unspecified atom stereocenters. The molecule has 0 atom stereocenters. The van der Waals surface area contributed by atoms with E-state index in [1.807, 2.05) is 19.9 Å². The SMILES string of the molecule is CCOc1cc(NC(=O)c2ccccc2OCC)ccc1[N+]#N. The van der Waals surface area contributed by atoms with E-state index in [0.717, 1.165) is 0 Å². The van der Waals surface area contributed by atoms with Gasteiger partial charge in [0.15, 0.2) is 4.98 Å². The minimum Gasteiger partial charge on any atom is -0.493 e. The van der Waals surface area contributed by atoms with Gasteiger partial charge in [0.1, 0.15) is 5.75 Å². The van der Waals surface area contributed by atoms with Gasteiger partial charge in [0, 0.05) is 17.8 Å². The highest BCUT2D eigenvalue weighted by atomic mass is 16.5. The molecule has 0 spiro atoms. The molecule has 0 aliphatic carbocycles. The van der Waals surface area contributed by atoms with Crippen LogP contribution in [-0.4, -0.2) is 19.1 Å². The van der Waals surface area contributed by atoms with Crippen molar-refractivity contribution < 1.29 is 14.3 Å². The van der Waals surface area contributed by atoms with E-state index in [0.29, 0.717) is 41.7 Å². The fraction of sp³-hybridized carbons (Fsp3) is 0.235. The number of nitrogens with zero attached hydrogens (tertiary/aromatic N) is 2. The minimum absolute atomic E-state index is 0.287. The quantitative estimate of drug-likeness (QED) is 0.810. The zero-order valence-corrected chi connectivity index (χ0v) is 13.1. The Bertz CT molecular complexity index is 738. The maximum absolute atomic E-state index is 12.4. The van der Waals surface area contributed by atoms with Gasteiger partial charge < -0.3 is 14.8 Å². The number of hydrogen-bond acceptors (Lipinski definition) is 4. The molecule has 0 saturated heterocycles. The van der Waals surface area contributed by atoms with Crippen molar-refractivity contribution in [3.63, 3.8) is 0 Å². The zero-order chi connectivity index (χ0) is 16.7. The van der Waals surface area contributed by atoms with E-state index in [1.54, 1.807) is 36.4 Å². The van der Waals surface area contributed by atoms with Crippen LogP contribution in [0.2, 0.25) is 0 Å². The molecule has 2 aromatic carbocycles. The molecule has 0 fully saturated rings. The van der Waals surface area contributed by atoms with Crippen LogP contribution >= 0.6 is 0 Å². The summed E-state index contributed by atoms with van der Waals surface area (Å²) in [6.45, 7) is 4.59. The average Bonchev–Trinajstić information content (AvgIpc) is 2.56. The second kappa shape index (κ2) is 7.80. The number of carbonyl (C=O) groups is 1. The Hall–Kier alpha value is -3.07. The Balaban J connectivity index is 2.24. The van der Waals surface area contributed by atoms with Crippen molar-refractivity contribution in [1.29, 1.82) is 5.39 Å². The number of rotatable bonds is 6. The first kappa shape index (κ1) is 16.3. The van der Waals surface area contributed by atoms with Gasteiger partial charge in [-0.3, -0.25) is 4.79 Å². The molecule has 6 nitrogen and oxygen atoms in total. The lowest BCUT2D eigenvalue weighted by Gasteiger charge is -2.10. The van der Waals surface area contributed by atoms with E-state index in [4.69, 9.17) is 14.9 Å². The minimum atomic E-state index is -0.287. The summed E-state index contributed by atoms with van der Waals surface area (Å²) in [5.74, 6) is 0.635. The monoisotopic (exact) mass is 312 g/mol. The van der Waals surface area contributed by atoms with Gasteiger partial charge in [-0.2, -0.15) is 0 Å². The fourth-order valence-corrected chi connectivity index (χ4v) is 2.08. The molecule has 0 radical (unpaired) electrons. The molecule has 118 valence electrons. The van der Waals surface area contributed by atoms with Crippen LogP contribution in [-0.2, 0) is 0 Å². The third-order valence-corrected chi connectivity index (χ3v) is 3.06. The predicted molar refractivity (Wildman–Crippen MR) is 87.9 cm³/mol. The molecule has 0 heterocycles. The van der Waals surface area contributed by atoms with Crippen LogP contribution in [0.3, 0.4) is 0 Å². The first-order chi connectivity index (χ1) is 11.2. The number of ether oxygens (including phenoxy) is 2. The fourth-order valence-electron chi connectivity index (χ4n) is 2.08. The molecule has 6 heteroatoms. The highest BCUT2D eigenvalue weighted by molar-refractivity contribution is 6.06. The van der Waals surface area contributed by atoms with Crippen molar-refractivity contribution in [2.24, 2.45) is 0 Å². The molecule has 23 heavy (non-hydrogen) atoms. The van der Waals surface area contributed by atoms with Gasteiger partial charge in [-0.25, -0.2) is 0 Å².